The normalized spacial score (nSPS) is 50.7. The van der Waals surface area contributed by atoms with Gasteiger partial charge in [0, 0.05) is 5.25 Å². The molecule has 0 aromatic heterocycles. The second kappa shape index (κ2) is 8.34. The standard InChI is InChI=1S/C27H48OS/c1-17(2)7-6-8-18(3)22-11-12-23-21-10-9-19-15-20(28)16-25(29)27(19,5)24(21)13-14-26(22,23)4/h17-25,28-29H,6-16H2,1-5H3/t18-,19-,20+,21-,22-,23+,24+,25?,26-,27+/m1/s1. The topological polar surface area (TPSA) is 20.2 Å². The molecule has 4 saturated carbocycles. The molecule has 4 aliphatic carbocycles. The van der Waals surface area contributed by atoms with Crippen LogP contribution in [0.4, 0.5) is 0 Å². The minimum atomic E-state index is -0.108. The number of aliphatic hydroxyl groups excluding tert-OH is 1. The molecular weight excluding hydrogens is 372 g/mol. The largest absolute Gasteiger partial charge is 0.393 e. The van der Waals surface area contributed by atoms with Crippen LogP contribution in [0.5, 0.6) is 0 Å². The molecule has 1 nitrogen and oxygen atoms in total. The lowest BCUT2D eigenvalue weighted by molar-refractivity contribution is -0.125. The van der Waals surface area contributed by atoms with Gasteiger partial charge in [0.2, 0.25) is 0 Å². The molecule has 0 amide bonds. The summed E-state index contributed by atoms with van der Waals surface area (Å²) >= 11 is 5.11. The molecule has 0 aliphatic heterocycles. The first-order valence-corrected chi connectivity index (χ1v) is 13.6. The van der Waals surface area contributed by atoms with Crippen LogP contribution in [0.25, 0.3) is 0 Å². The van der Waals surface area contributed by atoms with E-state index in [0.29, 0.717) is 22.0 Å². The quantitative estimate of drug-likeness (QED) is 0.445. The summed E-state index contributed by atoms with van der Waals surface area (Å²) in [6.45, 7) is 12.6. The Kier molecular flexibility index (Phi) is 6.47. The van der Waals surface area contributed by atoms with Gasteiger partial charge in [0.1, 0.15) is 0 Å². The zero-order valence-electron chi connectivity index (χ0n) is 19.9. The van der Waals surface area contributed by atoms with Gasteiger partial charge in [-0.25, -0.2) is 0 Å². The van der Waals surface area contributed by atoms with E-state index in [1.807, 2.05) is 0 Å². The van der Waals surface area contributed by atoms with Crippen LogP contribution in [0.3, 0.4) is 0 Å². The lowest BCUT2D eigenvalue weighted by atomic mass is 9.44. The van der Waals surface area contributed by atoms with Gasteiger partial charge < -0.3 is 5.11 Å². The highest BCUT2D eigenvalue weighted by Crippen LogP contribution is 2.68. The number of hydrogen-bond acceptors (Lipinski definition) is 2. The Morgan fingerprint density at radius 3 is 2.41 bits per heavy atom. The molecule has 0 bridgehead atoms. The van der Waals surface area contributed by atoms with E-state index < -0.39 is 0 Å². The number of rotatable bonds is 5. The fourth-order valence-corrected chi connectivity index (χ4v) is 9.97. The highest BCUT2D eigenvalue weighted by Gasteiger charge is 2.62. The molecular formula is C27H48OS. The van der Waals surface area contributed by atoms with Crippen molar-refractivity contribution in [2.45, 2.75) is 117 Å². The summed E-state index contributed by atoms with van der Waals surface area (Å²) in [5.41, 5.74) is 0.940. The molecule has 0 heterocycles. The Bertz CT molecular complexity index is 575. The Hall–Kier alpha value is 0.310. The molecule has 4 fully saturated rings. The van der Waals surface area contributed by atoms with Crippen molar-refractivity contribution in [1.29, 1.82) is 0 Å². The highest BCUT2D eigenvalue weighted by molar-refractivity contribution is 7.81. The molecule has 168 valence electrons. The van der Waals surface area contributed by atoms with Crippen molar-refractivity contribution in [3.8, 4) is 0 Å². The van der Waals surface area contributed by atoms with Crippen molar-refractivity contribution >= 4 is 12.6 Å². The minimum Gasteiger partial charge on any atom is -0.393 e. The zero-order valence-corrected chi connectivity index (χ0v) is 20.8. The van der Waals surface area contributed by atoms with Gasteiger partial charge in [-0.1, -0.05) is 53.9 Å². The van der Waals surface area contributed by atoms with Crippen molar-refractivity contribution in [2.24, 2.45) is 52.3 Å². The molecule has 0 saturated heterocycles. The maximum absolute atomic E-state index is 10.4. The fraction of sp³-hybridized carbons (Fsp3) is 1.00. The summed E-state index contributed by atoms with van der Waals surface area (Å²) < 4.78 is 0. The predicted octanol–water partition coefficient (Wildman–Crippen LogP) is 7.38. The molecule has 0 spiro atoms. The minimum absolute atomic E-state index is 0.108. The van der Waals surface area contributed by atoms with Crippen molar-refractivity contribution in [3.63, 3.8) is 0 Å². The molecule has 1 unspecified atom stereocenters. The van der Waals surface area contributed by atoms with Crippen molar-refractivity contribution in [2.75, 3.05) is 0 Å². The van der Waals surface area contributed by atoms with Gasteiger partial charge in [-0.2, -0.15) is 12.6 Å². The Morgan fingerprint density at radius 1 is 0.931 bits per heavy atom. The summed E-state index contributed by atoms with van der Waals surface area (Å²) in [5.74, 6) is 6.12. The van der Waals surface area contributed by atoms with E-state index in [0.717, 1.165) is 48.3 Å². The predicted molar refractivity (Wildman–Crippen MR) is 127 cm³/mol. The van der Waals surface area contributed by atoms with Gasteiger partial charge in [0.15, 0.2) is 0 Å². The van der Waals surface area contributed by atoms with E-state index in [1.54, 1.807) is 0 Å². The second-order valence-electron chi connectivity index (χ2n) is 12.7. The first-order valence-electron chi connectivity index (χ1n) is 13.0. The molecule has 0 aromatic rings. The molecule has 29 heavy (non-hydrogen) atoms. The molecule has 0 radical (unpaired) electrons. The first kappa shape index (κ1) is 22.5. The van der Waals surface area contributed by atoms with Crippen LogP contribution in [0.15, 0.2) is 0 Å². The third-order valence-electron chi connectivity index (χ3n) is 10.9. The van der Waals surface area contributed by atoms with Crippen LogP contribution in [-0.4, -0.2) is 16.5 Å². The van der Waals surface area contributed by atoms with Crippen LogP contribution >= 0.6 is 12.6 Å². The molecule has 4 aliphatic rings. The van der Waals surface area contributed by atoms with Crippen LogP contribution < -0.4 is 0 Å². The van der Waals surface area contributed by atoms with Gasteiger partial charge >= 0.3 is 0 Å². The van der Waals surface area contributed by atoms with Gasteiger partial charge in [0.05, 0.1) is 6.10 Å². The van der Waals surface area contributed by atoms with E-state index in [1.165, 1.54) is 57.8 Å². The third-order valence-corrected chi connectivity index (χ3v) is 11.7. The van der Waals surface area contributed by atoms with E-state index >= 15 is 0 Å². The smallest absolute Gasteiger partial charge is 0.0553 e. The van der Waals surface area contributed by atoms with Gasteiger partial charge in [0.25, 0.3) is 0 Å². The number of aliphatic hydroxyl groups is 1. The van der Waals surface area contributed by atoms with Crippen LogP contribution in [0, 0.1) is 52.3 Å². The Balaban J connectivity index is 1.49. The van der Waals surface area contributed by atoms with Crippen LogP contribution in [0.1, 0.15) is 105 Å². The van der Waals surface area contributed by atoms with Gasteiger partial charge in [-0.05, 0) is 104 Å². The van der Waals surface area contributed by atoms with Gasteiger partial charge in [-0.15, -0.1) is 0 Å². The first-order chi connectivity index (χ1) is 13.7. The van der Waals surface area contributed by atoms with E-state index in [-0.39, 0.29) is 6.10 Å². The molecule has 2 heteroatoms. The second-order valence-corrected chi connectivity index (χ2v) is 13.3. The number of fused-ring (bicyclic) bond motifs is 5. The van der Waals surface area contributed by atoms with E-state index in [9.17, 15) is 5.11 Å². The fourth-order valence-electron chi connectivity index (χ4n) is 9.32. The van der Waals surface area contributed by atoms with Crippen molar-refractivity contribution in [3.05, 3.63) is 0 Å². The summed E-state index contributed by atoms with van der Waals surface area (Å²) in [4.78, 5) is 0. The van der Waals surface area contributed by atoms with Crippen LogP contribution in [0.2, 0.25) is 0 Å². The SMILES string of the molecule is CC(C)CCC[C@@H](C)[C@H]1CC[C@H]2[C@H]3CC[C@@H]4C[C@H](O)CC(S)[C@]4(C)[C@H]3CC[C@]12C. The molecule has 0 aromatic carbocycles. The van der Waals surface area contributed by atoms with Crippen molar-refractivity contribution in [1.82, 2.24) is 0 Å². The Morgan fingerprint density at radius 2 is 1.69 bits per heavy atom. The zero-order chi connectivity index (χ0) is 21.0. The lowest BCUT2D eigenvalue weighted by Gasteiger charge is -2.62. The number of hydrogen-bond donors (Lipinski definition) is 2. The average Bonchev–Trinajstić information content (AvgIpc) is 3.00. The molecule has 1 N–H and O–H groups in total. The average molecular weight is 421 g/mol. The number of thiol groups is 1. The van der Waals surface area contributed by atoms with Crippen LogP contribution in [-0.2, 0) is 0 Å². The maximum Gasteiger partial charge on any atom is 0.0553 e. The Labute approximate surface area is 186 Å². The van der Waals surface area contributed by atoms with Gasteiger partial charge in [-0.3, -0.25) is 0 Å². The monoisotopic (exact) mass is 420 g/mol. The highest BCUT2D eigenvalue weighted by atomic mass is 32.1. The summed E-state index contributed by atoms with van der Waals surface area (Å²) in [6.07, 6.45) is 14.7. The van der Waals surface area contributed by atoms with E-state index in [4.69, 9.17) is 12.6 Å². The third kappa shape index (κ3) is 3.75. The summed E-state index contributed by atoms with van der Waals surface area (Å²) in [6, 6.07) is 0. The molecule has 10 atom stereocenters. The maximum atomic E-state index is 10.4. The summed E-state index contributed by atoms with van der Waals surface area (Å²) in [5, 5.41) is 10.8. The molecule has 4 rings (SSSR count). The van der Waals surface area contributed by atoms with Crippen molar-refractivity contribution < 1.29 is 5.11 Å². The summed E-state index contributed by atoms with van der Waals surface area (Å²) in [7, 11) is 0. The van der Waals surface area contributed by atoms with E-state index in [2.05, 4.69) is 34.6 Å². The lowest BCUT2D eigenvalue weighted by Crippen LogP contribution is -2.58.